The molecular formula is C29H28N4OS. The maximum Gasteiger partial charge on any atom is 0.125 e. The smallest absolute Gasteiger partial charge is 0.125 e. The lowest BCUT2D eigenvalue weighted by Gasteiger charge is -2.33. The third-order valence-electron chi connectivity index (χ3n) is 6.61. The highest BCUT2D eigenvalue weighted by atomic mass is 32.2. The number of rotatable bonds is 5. The van der Waals surface area contributed by atoms with Gasteiger partial charge in [-0.3, -0.25) is 4.90 Å². The Kier molecular flexibility index (Phi) is 6.15. The normalized spacial score (nSPS) is 16.0. The number of ether oxygens (including phenoxy) is 1. The lowest BCUT2D eigenvalue weighted by Crippen LogP contribution is -2.37. The Morgan fingerprint density at radius 1 is 0.829 bits per heavy atom. The van der Waals surface area contributed by atoms with Gasteiger partial charge in [-0.1, -0.05) is 36.0 Å². The molecule has 1 saturated heterocycles. The lowest BCUT2D eigenvalue weighted by molar-refractivity contribution is 0.0967. The second kappa shape index (κ2) is 9.72. The first-order valence-corrected chi connectivity index (χ1v) is 13.0. The van der Waals surface area contributed by atoms with Gasteiger partial charge in [-0.25, -0.2) is 9.97 Å². The van der Waals surface area contributed by atoms with Crippen molar-refractivity contribution in [2.24, 2.45) is 0 Å². The van der Waals surface area contributed by atoms with Crippen molar-refractivity contribution in [1.29, 1.82) is 0 Å². The van der Waals surface area contributed by atoms with Gasteiger partial charge < -0.3 is 9.64 Å². The van der Waals surface area contributed by atoms with E-state index in [9.17, 15) is 0 Å². The van der Waals surface area contributed by atoms with E-state index in [0.717, 1.165) is 49.7 Å². The molecule has 1 aromatic heterocycles. The zero-order valence-electron chi connectivity index (χ0n) is 19.8. The second-order valence-corrected chi connectivity index (χ2v) is 10.2. The number of anilines is 3. The van der Waals surface area contributed by atoms with Crippen molar-refractivity contribution >= 4 is 28.8 Å². The van der Waals surface area contributed by atoms with E-state index in [1.54, 1.807) is 0 Å². The Labute approximate surface area is 210 Å². The van der Waals surface area contributed by atoms with Gasteiger partial charge in [-0.2, -0.15) is 0 Å². The van der Waals surface area contributed by atoms with Gasteiger partial charge in [0.25, 0.3) is 0 Å². The van der Waals surface area contributed by atoms with E-state index < -0.39 is 0 Å². The van der Waals surface area contributed by atoms with E-state index in [1.165, 1.54) is 26.7 Å². The zero-order valence-corrected chi connectivity index (χ0v) is 20.6. The Morgan fingerprint density at radius 3 is 2.06 bits per heavy atom. The molecule has 0 radical (unpaired) electrons. The van der Waals surface area contributed by atoms with E-state index in [0.29, 0.717) is 0 Å². The number of aromatic nitrogens is 2. The summed E-state index contributed by atoms with van der Waals surface area (Å²) >= 11 is 1.83. The summed E-state index contributed by atoms with van der Waals surface area (Å²) in [6, 6.07) is 25.8. The molecule has 176 valence electrons. The first-order valence-electron chi connectivity index (χ1n) is 12.2. The van der Waals surface area contributed by atoms with Gasteiger partial charge in [0, 0.05) is 53.1 Å². The van der Waals surface area contributed by atoms with Crippen LogP contribution in [0.1, 0.15) is 24.2 Å². The number of aryl methyl sites for hydroxylation is 1. The van der Waals surface area contributed by atoms with Crippen LogP contribution in [-0.4, -0.2) is 34.1 Å². The van der Waals surface area contributed by atoms with Crippen LogP contribution in [-0.2, 0) is 6.54 Å². The molecule has 3 heterocycles. The number of hydrogen-bond donors (Lipinski definition) is 0. The minimum Gasteiger partial charge on any atom is -0.490 e. The van der Waals surface area contributed by atoms with Crippen molar-refractivity contribution in [2.75, 3.05) is 18.0 Å². The van der Waals surface area contributed by atoms with Crippen molar-refractivity contribution in [3.05, 3.63) is 96.6 Å². The predicted molar refractivity (Wildman–Crippen MR) is 141 cm³/mol. The summed E-state index contributed by atoms with van der Waals surface area (Å²) in [6.07, 6.45) is 6.17. The molecule has 35 heavy (non-hydrogen) atoms. The van der Waals surface area contributed by atoms with Crippen molar-refractivity contribution in [3.63, 3.8) is 0 Å². The molecule has 3 aromatic carbocycles. The molecule has 1 fully saturated rings. The molecule has 0 atom stereocenters. The van der Waals surface area contributed by atoms with Crippen LogP contribution in [0, 0.1) is 6.92 Å². The summed E-state index contributed by atoms with van der Waals surface area (Å²) in [5.41, 5.74) is 4.75. The van der Waals surface area contributed by atoms with Gasteiger partial charge in [0.2, 0.25) is 0 Å². The van der Waals surface area contributed by atoms with Crippen LogP contribution in [0.4, 0.5) is 17.1 Å². The molecular weight excluding hydrogens is 452 g/mol. The van der Waals surface area contributed by atoms with Crippen LogP contribution < -0.4 is 9.64 Å². The Balaban J connectivity index is 1.12. The van der Waals surface area contributed by atoms with Crippen LogP contribution in [0.2, 0.25) is 0 Å². The average molecular weight is 481 g/mol. The largest absolute Gasteiger partial charge is 0.490 e. The number of fused-ring (bicyclic) bond motifs is 2. The van der Waals surface area contributed by atoms with Gasteiger partial charge >= 0.3 is 0 Å². The molecule has 0 bridgehead atoms. The molecule has 0 unspecified atom stereocenters. The fraction of sp³-hybridized carbons (Fsp3) is 0.241. The minimum atomic E-state index is 0.249. The highest BCUT2D eigenvalue weighted by Crippen LogP contribution is 2.51. The minimum absolute atomic E-state index is 0.249. The summed E-state index contributed by atoms with van der Waals surface area (Å²) in [5.74, 6) is 1.76. The van der Waals surface area contributed by atoms with Gasteiger partial charge in [0.1, 0.15) is 17.7 Å². The second-order valence-electron chi connectivity index (χ2n) is 9.10. The fourth-order valence-electron chi connectivity index (χ4n) is 4.79. The Hall–Kier alpha value is -3.35. The molecule has 4 aromatic rings. The van der Waals surface area contributed by atoms with Crippen LogP contribution in [0.5, 0.6) is 5.75 Å². The molecule has 0 spiro atoms. The summed E-state index contributed by atoms with van der Waals surface area (Å²) in [6.45, 7) is 4.87. The van der Waals surface area contributed by atoms with Crippen LogP contribution in [0.25, 0.3) is 0 Å². The first-order chi connectivity index (χ1) is 17.2. The zero-order chi connectivity index (χ0) is 23.6. The summed E-state index contributed by atoms with van der Waals surface area (Å²) in [7, 11) is 0. The topological polar surface area (TPSA) is 41.5 Å². The van der Waals surface area contributed by atoms with E-state index in [2.05, 4.69) is 92.6 Å². The predicted octanol–water partition coefficient (Wildman–Crippen LogP) is 6.76. The van der Waals surface area contributed by atoms with Crippen molar-refractivity contribution < 1.29 is 4.74 Å². The molecule has 6 heteroatoms. The van der Waals surface area contributed by atoms with E-state index >= 15 is 0 Å². The van der Waals surface area contributed by atoms with Gasteiger partial charge in [-0.15, -0.1) is 0 Å². The van der Waals surface area contributed by atoms with Crippen LogP contribution >= 0.6 is 11.8 Å². The third kappa shape index (κ3) is 4.77. The SMILES string of the molecule is Cc1ncc(CN2CCC(Oc3ccc(N4c5ccccc5Sc5ccccc54)cc3)CC2)cn1. The molecule has 0 saturated carbocycles. The van der Waals surface area contributed by atoms with Crippen LogP contribution in [0.3, 0.4) is 0 Å². The van der Waals surface area contributed by atoms with Crippen molar-refractivity contribution in [2.45, 2.75) is 42.2 Å². The first kappa shape index (κ1) is 22.1. The fourth-order valence-corrected chi connectivity index (χ4v) is 5.85. The quantitative estimate of drug-likeness (QED) is 0.277. The van der Waals surface area contributed by atoms with Gasteiger partial charge in [-0.05, 0) is 68.3 Å². The number of benzene rings is 3. The van der Waals surface area contributed by atoms with Gasteiger partial charge in [0.15, 0.2) is 0 Å². The molecule has 0 amide bonds. The highest BCUT2D eigenvalue weighted by molar-refractivity contribution is 7.99. The highest BCUT2D eigenvalue weighted by Gasteiger charge is 2.25. The maximum absolute atomic E-state index is 6.38. The number of hydrogen-bond acceptors (Lipinski definition) is 6. The van der Waals surface area contributed by atoms with Crippen molar-refractivity contribution in [3.8, 4) is 5.75 Å². The summed E-state index contributed by atoms with van der Waals surface area (Å²) < 4.78 is 6.38. The lowest BCUT2D eigenvalue weighted by atomic mass is 10.1. The monoisotopic (exact) mass is 480 g/mol. The number of para-hydroxylation sites is 2. The number of nitrogens with zero attached hydrogens (tertiary/aromatic N) is 4. The Morgan fingerprint density at radius 2 is 1.43 bits per heavy atom. The molecule has 0 aliphatic carbocycles. The number of piperidine rings is 1. The molecule has 5 nitrogen and oxygen atoms in total. The summed E-state index contributed by atoms with van der Waals surface area (Å²) in [4.78, 5) is 16.0. The molecule has 0 N–H and O–H groups in total. The van der Waals surface area contributed by atoms with Crippen molar-refractivity contribution in [1.82, 2.24) is 14.9 Å². The van der Waals surface area contributed by atoms with E-state index in [4.69, 9.17) is 4.74 Å². The average Bonchev–Trinajstić information content (AvgIpc) is 2.90. The van der Waals surface area contributed by atoms with Gasteiger partial charge in [0.05, 0.1) is 11.4 Å². The van der Waals surface area contributed by atoms with Crippen LogP contribution in [0.15, 0.2) is 95.0 Å². The van der Waals surface area contributed by atoms with E-state index in [-0.39, 0.29) is 6.10 Å². The number of likely N-dealkylation sites (tertiary alicyclic amines) is 1. The third-order valence-corrected chi connectivity index (χ3v) is 7.74. The molecule has 2 aliphatic rings. The molecule has 6 rings (SSSR count). The van der Waals surface area contributed by atoms with E-state index in [1.807, 2.05) is 31.1 Å². The standard InChI is InChI=1S/C29H28N4OS/c1-21-30-18-22(19-31-21)20-32-16-14-25(15-17-32)34-24-12-10-23(11-13-24)33-26-6-2-4-8-28(26)35-29-9-5-3-7-27(29)33/h2-13,18-19,25H,14-17,20H2,1H3. The maximum atomic E-state index is 6.38. The molecule has 2 aliphatic heterocycles. The summed E-state index contributed by atoms with van der Waals surface area (Å²) in [5, 5.41) is 0. The Bertz CT molecular complexity index is 1260.